The standard InChI is InChI=1S/C16H22N2O3/c1-12-7-3-2-6-10-18(12)16(21)17-14-9-5-4-8-13(14)11-15(19)20/h4-5,8-9,12H,2-3,6-7,10-11H2,1H3,(H,17,21)(H,19,20). The first kappa shape index (κ1) is 15.4. The van der Waals surface area contributed by atoms with Gasteiger partial charge in [-0.25, -0.2) is 4.79 Å². The van der Waals surface area contributed by atoms with Crippen LogP contribution in [0.5, 0.6) is 0 Å². The molecule has 2 amide bonds. The molecule has 1 fully saturated rings. The molecule has 2 rings (SSSR count). The number of para-hydroxylation sites is 1. The molecule has 1 aromatic carbocycles. The predicted octanol–water partition coefficient (Wildman–Crippen LogP) is 3.11. The van der Waals surface area contributed by atoms with Gasteiger partial charge >= 0.3 is 12.0 Å². The molecule has 1 atom stereocenters. The minimum absolute atomic E-state index is 0.0913. The second-order valence-corrected chi connectivity index (χ2v) is 5.55. The quantitative estimate of drug-likeness (QED) is 0.898. The minimum atomic E-state index is -0.903. The summed E-state index contributed by atoms with van der Waals surface area (Å²) >= 11 is 0. The molecule has 0 aliphatic carbocycles. The monoisotopic (exact) mass is 290 g/mol. The Labute approximate surface area is 125 Å². The van der Waals surface area contributed by atoms with E-state index >= 15 is 0 Å². The molecule has 5 heteroatoms. The first-order valence-electron chi connectivity index (χ1n) is 7.45. The number of urea groups is 1. The average Bonchev–Trinajstić information content (AvgIpc) is 2.65. The zero-order valence-corrected chi connectivity index (χ0v) is 12.3. The fourth-order valence-corrected chi connectivity index (χ4v) is 2.72. The number of carboxylic acids is 1. The van der Waals surface area contributed by atoms with Crippen LogP contribution in [0.3, 0.4) is 0 Å². The molecule has 0 radical (unpaired) electrons. The predicted molar refractivity (Wildman–Crippen MR) is 81.4 cm³/mol. The van der Waals surface area contributed by atoms with Gasteiger partial charge in [0, 0.05) is 18.3 Å². The van der Waals surface area contributed by atoms with Gasteiger partial charge in [0.05, 0.1) is 6.42 Å². The van der Waals surface area contributed by atoms with Crippen molar-refractivity contribution in [1.29, 1.82) is 0 Å². The van der Waals surface area contributed by atoms with Gasteiger partial charge in [-0.05, 0) is 31.4 Å². The fourth-order valence-electron chi connectivity index (χ4n) is 2.72. The summed E-state index contributed by atoms with van der Waals surface area (Å²) in [5.74, 6) is -0.903. The number of hydrogen-bond donors (Lipinski definition) is 2. The van der Waals surface area contributed by atoms with Crippen LogP contribution < -0.4 is 5.32 Å². The summed E-state index contributed by atoms with van der Waals surface area (Å²) in [7, 11) is 0. The first-order chi connectivity index (χ1) is 10.1. The van der Waals surface area contributed by atoms with Crippen LogP contribution >= 0.6 is 0 Å². The summed E-state index contributed by atoms with van der Waals surface area (Å²) in [6.07, 6.45) is 4.26. The lowest BCUT2D eigenvalue weighted by molar-refractivity contribution is -0.136. The lowest BCUT2D eigenvalue weighted by atomic mass is 10.1. The van der Waals surface area contributed by atoms with Crippen LogP contribution in [0.1, 0.15) is 38.2 Å². The van der Waals surface area contributed by atoms with Gasteiger partial charge in [-0.1, -0.05) is 31.0 Å². The number of nitrogens with zero attached hydrogens (tertiary/aromatic N) is 1. The van der Waals surface area contributed by atoms with E-state index in [1.165, 1.54) is 0 Å². The Morgan fingerprint density at radius 3 is 2.81 bits per heavy atom. The van der Waals surface area contributed by atoms with Crippen molar-refractivity contribution in [3.8, 4) is 0 Å². The summed E-state index contributed by atoms with van der Waals surface area (Å²) in [5.41, 5.74) is 1.21. The van der Waals surface area contributed by atoms with Crippen molar-refractivity contribution in [3.63, 3.8) is 0 Å². The van der Waals surface area contributed by atoms with Crippen molar-refractivity contribution >= 4 is 17.7 Å². The Hall–Kier alpha value is -2.04. The summed E-state index contributed by atoms with van der Waals surface area (Å²) in [5, 5.41) is 11.8. The molecule has 1 unspecified atom stereocenters. The Morgan fingerprint density at radius 1 is 1.29 bits per heavy atom. The number of benzene rings is 1. The van der Waals surface area contributed by atoms with Crippen molar-refractivity contribution in [2.45, 2.75) is 45.1 Å². The van der Waals surface area contributed by atoms with E-state index in [2.05, 4.69) is 12.2 Å². The van der Waals surface area contributed by atoms with Crippen LogP contribution in [-0.2, 0) is 11.2 Å². The van der Waals surface area contributed by atoms with E-state index in [0.717, 1.165) is 32.2 Å². The largest absolute Gasteiger partial charge is 0.481 e. The van der Waals surface area contributed by atoms with Crippen molar-refractivity contribution in [2.75, 3.05) is 11.9 Å². The first-order valence-corrected chi connectivity index (χ1v) is 7.45. The van der Waals surface area contributed by atoms with Crippen molar-refractivity contribution in [3.05, 3.63) is 29.8 Å². The van der Waals surface area contributed by atoms with Crippen molar-refractivity contribution in [2.24, 2.45) is 0 Å². The summed E-state index contributed by atoms with van der Waals surface area (Å²) in [6, 6.07) is 7.14. The molecule has 1 aliphatic rings. The number of carboxylic acid groups (broad SMARTS) is 1. The minimum Gasteiger partial charge on any atom is -0.481 e. The number of amides is 2. The van der Waals surface area contributed by atoms with Gasteiger partial charge in [0.2, 0.25) is 0 Å². The number of rotatable bonds is 3. The van der Waals surface area contributed by atoms with Gasteiger partial charge < -0.3 is 15.3 Å². The Kier molecular flexibility index (Phi) is 5.20. The van der Waals surface area contributed by atoms with Gasteiger partial charge in [-0.3, -0.25) is 4.79 Å². The average molecular weight is 290 g/mol. The zero-order valence-electron chi connectivity index (χ0n) is 12.3. The lowest BCUT2D eigenvalue weighted by Crippen LogP contribution is -2.41. The van der Waals surface area contributed by atoms with E-state index in [0.29, 0.717) is 11.3 Å². The van der Waals surface area contributed by atoms with Crippen LogP contribution in [0.15, 0.2) is 24.3 Å². The third-order valence-electron chi connectivity index (χ3n) is 3.91. The smallest absolute Gasteiger partial charge is 0.322 e. The molecule has 0 aromatic heterocycles. The molecule has 1 saturated heterocycles. The number of aliphatic carboxylic acids is 1. The fraction of sp³-hybridized carbons (Fsp3) is 0.500. The van der Waals surface area contributed by atoms with E-state index in [4.69, 9.17) is 5.11 Å². The summed E-state index contributed by atoms with van der Waals surface area (Å²) in [4.78, 5) is 25.2. The summed E-state index contributed by atoms with van der Waals surface area (Å²) in [6.45, 7) is 2.82. The third kappa shape index (κ3) is 4.21. The number of hydrogen-bond acceptors (Lipinski definition) is 2. The van der Waals surface area contributed by atoms with E-state index in [1.54, 1.807) is 24.3 Å². The van der Waals surface area contributed by atoms with Gasteiger partial charge in [-0.15, -0.1) is 0 Å². The van der Waals surface area contributed by atoms with E-state index < -0.39 is 5.97 Å². The van der Waals surface area contributed by atoms with Crippen molar-refractivity contribution < 1.29 is 14.7 Å². The number of carbonyl (C=O) groups excluding carboxylic acids is 1. The normalized spacial score (nSPS) is 18.9. The van der Waals surface area contributed by atoms with Crippen molar-refractivity contribution in [1.82, 2.24) is 4.90 Å². The Balaban J connectivity index is 2.09. The van der Waals surface area contributed by atoms with Crippen LogP contribution in [0.4, 0.5) is 10.5 Å². The van der Waals surface area contributed by atoms with Crippen LogP contribution in [0, 0.1) is 0 Å². The summed E-state index contributed by atoms with van der Waals surface area (Å²) < 4.78 is 0. The molecule has 2 N–H and O–H groups in total. The molecule has 5 nitrogen and oxygen atoms in total. The second kappa shape index (κ2) is 7.11. The zero-order chi connectivity index (χ0) is 15.2. The highest BCUT2D eigenvalue weighted by molar-refractivity contribution is 5.91. The molecular weight excluding hydrogens is 268 g/mol. The number of carbonyl (C=O) groups is 2. The van der Waals surface area contributed by atoms with Gasteiger partial charge in [0.1, 0.15) is 0 Å². The maximum absolute atomic E-state index is 12.4. The highest BCUT2D eigenvalue weighted by atomic mass is 16.4. The molecule has 0 bridgehead atoms. The maximum atomic E-state index is 12.4. The molecule has 0 spiro atoms. The molecular formula is C16H22N2O3. The Bertz CT molecular complexity index is 516. The van der Waals surface area contributed by atoms with E-state index in [-0.39, 0.29) is 18.5 Å². The highest BCUT2D eigenvalue weighted by Gasteiger charge is 2.22. The molecule has 1 aromatic rings. The molecule has 114 valence electrons. The Morgan fingerprint density at radius 2 is 2.05 bits per heavy atom. The van der Waals surface area contributed by atoms with Crippen LogP contribution in [0.2, 0.25) is 0 Å². The third-order valence-corrected chi connectivity index (χ3v) is 3.91. The lowest BCUT2D eigenvalue weighted by Gasteiger charge is -2.27. The van der Waals surface area contributed by atoms with Gasteiger partial charge in [-0.2, -0.15) is 0 Å². The van der Waals surface area contributed by atoms with E-state index in [9.17, 15) is 9.59 Å². The van der Waals surface area contributed by atoms with Crippen LogP contribution in [0.25, 0.3) is 0 Å². The topological polar surface area (TPSA) is 69.6 Å². The SMILES string of the molecule is CC1CCCCCN1C(=O)Nc1ccccc1CC(=O)O. The maximum Gasteiger partial charge on any atom is 0.322 e. The molecule has 0 saturated carbocycles. The number of anilines is 1. The highest BCUT2D eigenvalue weighted by Crippen LogP contribution is 2.20. The van der Waals surface area contributed by atoms with E-state index in [1.807, 2.05) is 4.90 Å². The van der Waals surface area contributed by atoms with Crippen LogP contribution in [-0.4, -0.2) is 34.6 Å². The second-order valence-electron chi connectivity index (χ2n) is 5.55. The molecule has 1 heterocycles. The molecule has 1 aliphatic heterocycles. The van der Waals surface area contributed by atoms with Gasteiger partial charge in [0.15, 0.2) is 0 Å². The number of likely N-dealkylation sites (tertiary alicyclic amines) is 1. The van der Waals surface area contributed by atoms with Gasteiger partial charge in [0.25, 0.3) is 0 Å². The number of nitrogens with one attached hydrogen (secondary N) is 1. The molecule has 21 heavy (non-hydrogen) atoms.